The van der Waals surface area contributed by atoms with Gasteiger partial charge in [-0.3, -0.25) is 39.2 Å². The molecule has 6 heterocycles. The first kappa shape index (κ1) is 47.4. The van der Waals surface area contributed by atoms with Gasteiger partial charge in [0.25, 0.3) is 17.7 Å². The summed E-state index contributed by atoms with van der Waals surface area (Å²) in [6, 6.07) is 9.83. The fourth-order valence-corrected chi connectivity index (χ4v) is 9.79. The number of amides is 4. The molecule has 0 bridgehead atoms. The number of aromatic nitrogens is 8. The smallest absolute Gasteiger partial charge is 0.276 e. The first-order chi connectivity index (χ1) is 32.6. The number of sulfone groups is 1. The lowest BCUT2D eigenvalue weighted by Crippen LogP contribution is -2.40. The summed E-state index contributed by atoms with van der Waals surface area (Å²) in [5, 5.41) is 17.5. The molecule has 0 aliphatic carbocycles. The number of nitrogens with one attached hydrogen (secondary N) is 3. The molecule has 2 aliphatic rings. The number of allylic oxidation sites excluding steroid dienone is 2. The minimum atomic E-state index is -3.07. The molecule has 360 valence electrons. The van der Waals surface area contributed by atoms with E-state index in [2.05, 4.69) is 31.0 Å². The van der Waals surface area contributed by atoms with Gasteiger partial charge >= 0.3 is 0 Å². The molecule has 1 fully saturated rings. The van der Waals surface area contributed by atoms with E-state index in [9.17, 15) is 27.6 Å². The largest absolute Gasteiger partial charge is 0.491 e. The van der Waals surface area contributed by atoms with Crippen molar-refractivity contribution in [2.45, 2.75) is 84.8 Å². The number of hydrogen-bond donors (Lipinski definition) is 4. The number of anilines is 2. The van der Waals surface area contributed by atoms with Crippen LogP contribution in [-0.4, -0.2) is 127 Å². The van der Waals surface area contributed by atoms with E-state index in [4.69, 9.17) is 25.2 Å². The lowest BCUT2D eigenvalue weighted by molar-refractivity contribution is 0.0948. The first-order valence-electron chi connectivity index (χ1n) is 22.8. The highest BCUT2D eigenvalue weighted by molar-refractivity contribution is 7.91. The van der Waals surface area contributed by atoms with Crippen LogP contribution in [0.4, 0.5) is 11.9 Å². The van der Waals surface area contributed by atoms with Crippen LogP contribution in [0.25, 0.3) is 22.1 Å². The highest BCUT2D eigenvalue weighted by atomic mass is 32.2. The molecule has 22 heteroatoms. The van der Waals surface area contributed by atoms with Crippen molar-refractivity contribution in [2.24, 2.45) is 5.73 Å². The quantitative estimate of drug-likeness (QED) is 0.0941. The van der Waals surface area contributed by atoms with E-state index in [0.717, 1.165) is 0 Å². The second kappa shape index (κ2) is 20.0. The van der Waals surface area contributed by atoms with E-state index in [1.807, 2.05) is 39.8 Å². The van der Waals surface area contributed by atoms with Gasteiger partial charge in [-0.1, -0.05) is 12.2 Å². The Hall–Kier alpha value is -7.07. The van der Waals surface area contributed by atoms with Crippen molar-refractivity contribution in [3.63, 3.8) is 0 Å². The average Bonchev–Trinajstić information content (AvgIpc) is 4.07. The number of benzene rings is 2. The lowest BCUT2D eigenvalue weighted by Gasteiger charge is -2.30. The maximum atomic E-state index is 13.9. The van der Waals surface area contributed by atoms with E-state index < -0.39 is 27.6 Å². The van der Waals surface area contributed by atoms with Gasteiger partial charge in [-0.15, -0.1) is 0 Å². The molecule has 0 saturated carbocycles. The number of primary amides is 1. The van der Waals surface area contributed by atoms with Crippen molar-refractivity contribution >= 4 is 67.4 Å². The zero-order chi connectivity index (χ0) is 48.3. The van der Waals surface area contributed by atoms with Gasteiger partial charge in [0.15, 0.2) is 0 Å². The number of aryl methyl sites for hydroxylation is 4. The summed E-state index contributed by atoms with van der Waals surface area (Å²) in [7, 11) is -3.07. The van der Waals surface area contributed by atoms with Crippen LogP contribution in [0.3, 0.4) is 0 Å². The number of hydrogen-bond acceptors (Lipinski definition) is 13. The summed E-state index contributed by atoms with van der Waals surface area (Å²) >= 11 is 0. The first-order valence-corrected chi connectivity index (χ1v) is 24.8. The van der Waals surface area contributed by atoms with Crippen molar-refractivity contribution < 1.29 is 37.1 Å². The van der Waals surface area contributed by atoms with Crippen LogP contribution in [0.1, 0.15) is 92.6 Å². The molecule has 5 N–H and O–H groups in total. The predicted molar refractivity (Wildman–Crippen MR) is 255 cm³/mol. The summed E-state index contributed by atoms with van der Waals surface area (Å²) in [6.45, 7) is 11.5. The van der Waals surface area contributed by atoms with Crippen LogP contribution in [-0.2, 0) is 36.0 Å². The van der Waals surface area contributed by atoms with Gasteiger partial charge in [0.2, 0.25) is 17.8 Å². The van der Waals surface area contributed by atoms with E-state index in [1.54, 1.807) is 54.9 Å². The van der Waals surface area contributed by atoms with Crippen LogP contribution in [0, 0.1) is 13.8 Å². The third-order valence-corrected chi connectivity index (χ3v) is 13.8. The topological polar surface area (TPSA) is 258 Å². The van der Waals surface area contributed by atoms with E-state index in [1.165, 1.54) is 6.26 Å². The number of nitrogens with two attached hydrogens (primary N) is 1. The van der Waals surface area contributed by atoms with Crippen LogP contribution < -0.4 is 31.2 Å². The predicted octanol–water partition coefficient (Wildman–Crippen LogP) is 4.09. The highest BCUT2D eigenvalue weighted by Crippen LogP contribution is 2.34. The zero-order valence-electron chi connectivity index (χ0n) is 38.9. The summed E-state index contributed by atoms with van der Waals surface area (Å²) in [4.78, 5) is 65.8. The molecule has 1 saturated heterocycles. The van der Waals surface area contributed by atoms with Crippen LogP contribution in [0.5, 0.6) is 11.5 Å². The number of likely N-dealkylation sites (tertiary alicyclic amines) is 1. The van der Waals surface area contributed by atoms with Gasteiger partial charge in [0.1, 0.15) is 43.8 Å². The van der Waals surface area contributed by atoms with Crippen LogP contribution >= 0.6 is 0 Å². The Bertz CT molecular complexity index is 3050. The highest BCUT2D eigenvalue weighted by Gasteiger charge is 2.27. The second-order valence-corrected chi connectivity index (χ2v) is 19.3. The molecule has 8 rings (SSSR count). The van der Waals surface area contributed by atoms with Crippen molar-refractivity contribution in [3.8, 4) is 11.5 Å². The third-order valence-electron chi connectivity index (χ3n) is 12.1. The molecule has 68 heavy (non-hydrogen) atoms. The number of carbonyl (C=O) groups is 4. The Kier molecular flexibility index (Phi) is 14.0. The maximum absolute atomic E-state index is 13.9. The minimum Gasteiger partial charge on any atom is -0.491 e. The fourth-order valence-electron chi connectivity index (χ4n) is 8.72. The Morgan fingerprint density at radius 1 is 0.735 bits per heavy atom. The summed E-state index contributed by atoms with van der Waals surface area (Å²) in [5.41, 5.74) is 10.1. The number of nitrogens with zero attached hydrogens (tertiary/aromatic N) is 9. The Labute approximate surface area is 392 Å². The fraction of sp³-hybridized carbons (Fsp3) is 0.435. The Balaban J connectivity index is 1.12. The van der Waals surface area contributed by atoms with Gasteiger partial charge in [0, 0.05) is 56.5 Å². The number of piperidine rings is 1. The van der Waals surface area contributed by atoms with Gasteiger partial charge in [-0.05, 0) is 103 Å². The van der Waals surface area contributed by atoms with Crippen molar-refractivity contribution in [2.75, 3.05) is 56.3 Å². The molecule has 6 aromatic rings. The summed E-state index contributed by atoms with van der Waals surface area (Å²) < 4.78 is 43.6. The average molecular weight is 952 g/mol. The Morgan fingerprint density at radius 2 is 1.24 bits per heavy atom. The third kappa shape index (κ3) is 10.2. The normalized spacial score (nSPS) is 15.5. The lowest BCUT2D eigenvalue weighted by atomic mass is 10.1. The zero-order valence-corrected chi connectivity index (χ0v) is 39.7. The summed E-state index contributed by atoms with van der Waals surface area (Å²) in [6.07, 6.45) is 7.25. The van der Waals surface area contributed by atoms with Gasteiger partial charge in [0.05, 0.1) is 40.9 Å². The number of rotatable bonds is 13. The maximum Gasteiger partial charge on any atom is 0.276 e. The molecule has 4 aromatic heterocycles. The number of imidazole rings is 2. The molecule has 0 spiro atoms. The van der Waals surface area contributed by atoms with Crippen LogP contribution in [0.2, 0.25) is 0 Å². The standard InChI is InChI=1S/C46H57N13O8S/c1-6-58-35(22-28(3)53-58)43(62)51-45-49-33-24-30(41(47)60)26-37-39(33)56(45)16-8-9-17-57-40-34(50-46(57)52-44(63)36-23-29(4)54-59(36)7-2)25-31(27-38(40)67-21-11-20-66-37)42(61)48-14-10-15-55-18-12-32(13-19-55)68(5,64)65/h8-9,22-27,32H,6-7,10-21H2,1-5H3,(H2,47,60)(H,48,61)(H,49,51,62)(H,50,52,63)/b9-8+. The molecule has 4 amide bonds. The SMILES string of the molecule is CCn1nc(C)cc1C(=O)Nc1nc2cc(C(N)=O)cc3c2n1C/C=C/Cn1c(NC(=O)c2cc(C)nn2CC)nc2cc(C(=O)NCCCN4CCC(S(C)(=O)=O)CC4)cc(c21)OCCCO3. The van der Waals surface area contributed by atoms with E-state index in [-0.39, 0.29) is 54.9 Å². The van der Waals surface area contributed by atoms with Gasteiger partial charge in [-0.2, -0.15) is 10.2 Å². The molecule has 0 atom stereocenters. The molecule has 0 unspecified atom stereocenters. The number of carbonyl (C=O) groups excluding carboxylic acids is 4. The second-order valence-electron chi connectivity index (χ2n) is 17.0. The number of ether oxygens (including phenoxy) is 2. The molecular formula is C46H57N13O8S. The van der Waals surface area contributed by atoms with Crippen molar-refractivity contribution in [3.05, 3.63) is 82.5 Å². The monoisotopic (exact) mass is 951 g/mol. The summed E-state index contributed by atoms with van der Waals surface area (Å²) in [5.74, 6) is -0.795. The molecule has 2 aliphatic heterocycles. The van der Waals surface area contributed by atoms with E-state index >= 15 is 0 Å². The minimum absolute atomic E-state index is 0.134. The van der Waals surface area contributed by atoms with Crippen molar-refractivity contribution in [1.82, 2.24) is 48.9 Å². The van der Waals surface area contributed by atoms with Crippen LogP contribution in [0.15, 0.2) is 48.6 Å². The van der Waals surface area contributed by atoms with Crippen molar-refractivity contribution in [1.29, 1.82) is 0 Å². The molecule has 2 aromatic carbocycles. The molecule has 21 nitrogen and oxygen atoms in total. The van der Waals surface area contributed by atoms with E-state index in [0.29, 0.717) is 127 Å². The van der Waals surface area contributed by atoms with Gasteiger partial charge < -0.3 is 34.6 Å². The molecule has 0 radical (unpaired) electrons. The molecular weight excluding hydrogens is 895 g/mol. The Morgan fingerprint density at radius 3 is 1.72 bits per heavy atom. The van der Waals surface area contributed by atoms with Gasteiger partial charge in [-0.25, -0.2) is 18.4 Å².